The third-order valence-corrected chi connectivity index (χ3v) is 3.52. The maximum Gasteiger partial charge on any atom is 0.256 e. The number of phenols is 1. The van der Waals surface area contributed by atoms with Crippen LogP contribution in [0, 0.1) is 6.92 Å². The predicted octanol–water partition coefficient (Wildman–Crippen LogP) is 3.72. The van der Waals surface area contributed by atoms with Gasteiger partial charge in [0.25, 0.3) is 5.91 Å². The van der Waals surface area contributed by atoms with Gasteiger partial charge in [0.15, 0.2) is 0 Å². The van der Waals surface area contributed by atoms with Crippen LogP contribution in [0.5, 0.6) is 5.75 Å². The number of carbonyl (C=O) groups is 1. The summed E-state index contributed by atoms with van der Waals surface area (Å²) in [7, 11) is 0. The van der Waals surface area contributed by atoms with Crippen LogP contribution in [0.25, 0.3) is 0 Å². The maximum absolute atomic E-state index is 12.1. The third kappa shape index (κ3) is 2.54. The molecule has 0 bridgehead atoms. The maximum atomic E-state index is 12.1. The Balaban J connectivity index is 2.28. The monoisotopic (exact) mass is 305 g/mol. The summed E-state index contributed by atoms with van der Waals surface area (Å²) in [6.07, 6.45) is 0. The number of nitrogens with one attached hydrogen (secondary N) is 1. The van der Waals surface area contributed by atoms with Gasteiger partial charge in [-0.15, -0.1) is 0 Å². The fourth-order valence-corrected chi connectivity index (χ4v) is 1.99. The minimum atomic E-state index is -0.240. The summed E-state index contributed by atoms with van der Waals surface area (Å²) in [5, 5.41) is 12.3. The number of aromatic hydroxyl groups is 1. The smallest absolute Gasteiger partial charge is 0.256 e. The first-order chi connectivity index (χ1) is 8.59. The van der Waals surface area contributed by atoms with Crippen molar-refractivity contribution >= 4 is 27.5 Å². The predicted molar refractivity (Wildman–Crippen MR) is 74.9 cm³/mol. The largest absolute Gasteiger partial charge is 0.506 e. The Hall–Kier alpha value is -1.81. The van der Waals surface area contributed by atoms with Crippen molar-refractivity contribution in [2.75, 3.05) is 5.32 Å². The fourth-order valence-electron chi connectivity index (χ4n) is 1.62. The van der Waals surface area contributed by atoms with Crippen molar-refractivity contribution in [1.82, 2.24) is 0 Å². The quantitative estimate of drug-likeness (QED) is 0.831. The van der Waals surface area contributed by atoms with Crippen molar-refractivity contribution in [3.8, 4) is 5.75 Å². The Bertz CT molecular complexity index is 596. The summed E-state index contributed by atoms with van der Waals surface area (Å²) in [4.78, 5) is 12.1. The lowest BCUT2D eigenvalue weighted by Gasteiger charge is -2.09. The number of hydrogen-bond acceptors (Lipinski definition) is 2. The molecular weight excluding hydrogens is 294 g/mol. The molecule has 2 aromatic carbocycles. The molecule has 0 saturated carbocycles. The Morgan fingerprint density at radius 3 is 2.61 bits per heavy atom. The molecule has 0 aromatic heterocycles. The van der Waals surface area contributed by atoms with E-state index >= 15 is 0 Å². The van der Waals surface area contributed by atoms with Gasteiger partial charge >= 0.3 is 0 Å². The summed E-state index contributed by atoms with van der Waals surface area (Å²) < 4.78 is 0.882. The van der Waals surface area contributed by atoms with Crippen LogP contribution in [0.15, 0.2) is 46.9 Å². The Morgan fingerprint density at radius 1 is 1.17 bits per heavy atom. The number of anilines is 1. The van der Waals surface area contributed by atoms with Gasteiger partial charge in [0, 0.05) is 10.0 Å². The van der Waals surface area contributed by atoms with Crippen molar-refractivity contribution in [3.05, 3.63) is 58.1 Å². The number of phenolic OH excluding ortho intramolecular Hbond substituents is 1. The van der Waals surface area contributed by atoms with Crippen molar-refractivity contribution in [1.29, 1.82) is 0 Å². The topological polar surface area (TPSA) is 49.3 Å². The number of para-hydroxylation sites is 2. The van der Waals surface area contributed by atoms with Crippen molar-refractivity contribution < 1.29 is 9.90 Å². The average molecular weight is 306 g/mol. The molecule has 18 heavy (non-hydrogen) atoms. The van der Waals surface area contributed by atoms with Crippen LogP contribution in [0.3, 0.4) is 0 Å². The first-order valence-corrected chi connectivity index (χ1v) is 6.23. The van der Waals surface area contributed by atoms with Gasteiger partial charge in [-0.3, -0.25) is 4.79 Å². The molecule has 0 radical (unpaired) electrons. The van der Waals surface area contributed by atoms with E-state index in [0.29, 0.717) is 11.3 Å². The van der Waals surface area contributed by atoms with Gasteiger partial charge in [0.05, 0.1) is 5.69 Å². The van der Waals surface area contributed by atoms with Gasteiger partial charge in [0.1, 0.15) is 5.75 Å². The molecule has 0 aliphatic rings. The minimum absolute atomic E-state index is 0.0542. The zero-order valence-electron chi connectivity index (χ0n) is 9.77. The Kier molecular flexibility index (Phi) is 3.67. The molecule has 1 amide bonds. The molecule has 0 aliphatic heterocycles. The first kappa shape index (κ1) is 12.6. The van der Waals surface area contributed by atoms with Gasteiger partial charge < -0.3 is 10.4 Å². The molecule has 2 aromatic rings. The van der Waals surface area contributed by atoms with E-state index in [1.54, 1.807) is 30.3 Å². The van der Waals surface area contributed by atoms with Crippen LogP contribution >= 0.6 is 15.9 Å². The second-order valence-corrected chi connectivity index (χ2v) is 4.74. The van der Waals surface area contributed by atoms with Crippen molar-refractivity contribution in [3.63, 3.8) is 0 Å². The van der Waals surface area contributed by atoms with Gasteiger partial charge in [-0.25, -0.2) is 0 Å². The highest BCUT2D eigenvalue weighted by molar-refractivity contribution is 9.10. The SMILES string of the molecule is Cc1c(Br)cccc1C(=O)Nc1ccccc1O. The number of halogens is 1. The molecule has 2 rings (SSSR count). The second kappa shape index (κ2) is 5.23. The van der Waals surface area contributed by atoms with E-state index in [2.05, 4.69) is 21.2 Å². The van der Waals surface area contributed by atoms with Gasteiger partial charge in [0.2, 0.25) is 0 Å². The molecule has 0 heterocycles. The number of benzene rings is 2. The number of amides is 1. The number of hydrogen-bond donors (Lipinski definition) is 2. The van der Waals surface area contributed by atoms with Crippen molar-refractivity contribution in [2.45, 2.75) is 6.92 Å². The molecule has 92 valence electrons. The van der Waals surface area contributed by atoms with Gasteiger partial charge in [-0.2, -0.15) is 0 Å². The van der Waals surface area contributed by atoms with Crippen LogP contribution < -0.4 is 5.32 Å². The molecular formula is C14H12BrNO2. The molecule has 0 atom stereocenters. The molecule has 0 aliphatic carbocycles. The Labute approximate surface area is 114 Å². The van der Waals surface area contributed by atoms with Gasteiger partial charge in [-0.05, 0) is 36.8 Å². The fraction of sp³-hybridized carbons (Fsp3) is 0.0714. The molecule has 0 unspecified atom stereocenters. The van der Waals surface area contributed by atoms with E-state index in [-0.39, 0.29) is 11.7 Å². The van der Waals surface area contributed by atoms with Crippen LogP contribution in [-0.2, 0) is 0 Å². The van der Waals surface area contributed by atoms with Gasteiger partial charge in [-0.1, -0.05) is 34.1 Å². The van der Waals surface area contributed by atoms with E-state index in [9.17, 15) is 9.90 Å². The van der Waals surface area contributed by atoms with E-state index in [1.807, 2.05) is 13.0 Å². The minimum Gasteiger partial charge on any atom is -0.506 e. The lowest BCUT2D eigenvalue weighted by atomic mass is 10.1. The summed E-state index contributed by atoms with van der Waals surface area (Å²) in [6.45, 7) is 1.86. The average Bonchev–Trinajstić information content (AvgIpc) is 2.35. The molecule has 0 saturated heterocycles. The number of carbonyl (C=O) groups excluding carboxylic acids is 1. The van der Waals surface area contributed by atoms with E-state index < -0.39 is 0 Å². The second-order valence-electron chi connectivity index (χ2n) is 3.88. The van der Waals surface area contributed by atoms with Crippen LogP contribution in [0.1, 0.15) is 15.9 Å². The summed E-state index contributed by atoms with van der Waals surface area (Å²) in [5.41, 5.74) is 1.85. The molecule has 2 N–H and O–H groups in total. The molecule has 4 heteroatoms. The zero-order chi connectivity index (χ0) is 13.1. The summed E-state index contributed by atoms with van der Waals surface area (Å²) >= 11 is 3.38. The highest BCUT2D eigenvalue weighted by atomic mass is 79.9. The molecule has 0 spiro atoms. The zero-order valence-corrected chi connectivity index (χ0v) is 11.4. The first-order valence-electron chi connectivity index (χ1n) is 5.44. The van der Waals surface area contributed by atoms with Crippen LogP contribution in [0.4, 0.5) is 5.69 Å². The van der Waals surface area contributed by atoms with E-state index in [0.717, 1.165) is 10.0 Å². The van der Waals surface area contributed by atoms with Crippen LogP contribution in [-0.4, -0.2) is 11.0 Å². The highest BCUT2D eigenvalue weighted by Gasteiger charge is 2.12. The summed E-state index contributed by atoms with van der Waals surface area (Å²) in [5.74, 6) is -0.186. The Morgan fingerprint density at radius 2 is 1.89 bits per heavy atom. The lowest BCUT2D eigenvalue weighted by Crippen LogP contribution is -2.13. The lowest BCUT2D eigenvalue weighted by molar-refractivity contribution is 0.102. The third-order valence-electron chi connectivity index (χ3n) is 2.66. The van der Waals surface area contributed by atoms with Crippen LogP contribution in [0.2, 0.25) is 0 Å². The standard InChI is InChI=1S/C14H12BrNO2/c1-9-10(5-4-6-11(9)15)14(18)16-12-7-2-3-8-13(12)17/h2-8,17H,1H3,(H,16,18). The highest BCUT2D eigenvalue weighted by Crippen LogP contribution is 2.24. The molecule has 0 fully saturated rings. The molecule has 3 nitrogen and oxygen atoms in total. The number of rotatable bonds is 2. The normalized spacial score (nSPS) is 10.1. The summed E-state index contributed by atoms with van der Waals surface area (Å²) in [6, 6.07) is 12.1. The van der Waals surface area contributed by atoms with E-state index in [4.69, 9.17) is 0 Å². The van der Waals surface area contributed by atoms with Crippen molar-refractivity contribution in [2.24, 2.45) is 0 Å². The van der Waals surface area contributed by atoms with E-state index in [1.165, 1.54) is 6.07 Å².